The highest BCUT2D eigenvalue weighted by atomic mass is 16.5. The van der Waals surface area contributed by atoms with Crippen LogP contribution in [0.5, 0.6) is 11.5 Å². The molecule has 0 radical (unpaired) electrons. The molecule has 1 aromatic carbocycles. The average molecular weight is 388 g/mol. The molecule has 150 valence electrons. The molecule has 1 aliphatic rings. The molecule has 1 aromatic heterocycles. The van der Waals surface area contributed by atoms with Crippen LogP contribution in [0.4, 0.5) is 16.3 Å². The number of hydrogen-bond donors (Lipinski definition) is 2. The van der Waals surface area contributed by atoms with Crippen molar-refractivity contribution >= 4 is 23.4 Å². The molecule has 1 aliphatic heterocycles. The molecule has 9 heteroatoms. The largest absolute Gasteiger partial charge is 0.497 e. The summed E-state index contributed by atoms with van der Waals surface area (Å²) < 4.78 is 15.4. The van der Waals surface area contributed by atoms with Crippen molar-refractivity contribution < 1.29 is 23.6 Å². The zero-order valence-electron chi connectivity index (χ0n) is 16.2. The maximum absolute atomic E-state index is 12.6. The molecule has 9 nitrogen and oxygen atoms in total. The number of nitrogens with one attached hydrogen (secondary N) is 2. The standard InChI is InChI=1S/C19H24N4O5/c1-12-10-17(22-28-12)21-18(24)13-6-8-23(9-7-13)19(25)20-15-5-4-14(26-2)11-16(15)27-3/h4-5,10-11,13H,6-9H2,1-3H3,(H,20,25)(H,21,22,24). The van der Waals surface area contributed by atoms with E-state index in [-0.39, 0.29) is 17.9 Å². The van der Waals surface area contributed by atoms with Crippen LogP contribution in [0.3, 0.4) is 0 Å². The fourth-order valence-corrected chi connectivity index (χ4v) is 3.09. The topological polar surface area (TPSA) is 106 Å². The van der Waals surface area contributed by atoms with Gasteiger partial charge < -0.3 is 29.5 Å². The lowest BCUT2D eigenvalue weighted by Crippen LogP contribution is -2.43. The molecule has 3 rings (SSSR count). The first-order valence-corrected chi connectivity index (χ1v) is 9.02. The number of likely N-dealkylation sites (tertiary alicyclic amines) is 1. The van der Waals surface area contributed by atoms with Gasteiger partial charge in [-0.2, -0.15) is 0 Å². The number of anilines is 2. The molecule has 0 saturated carbocycles. The third-order valence-corrected chi connectivity index (χ3v) is 4.68. The van der Waals surface area contributed by atoms with Gasteiger partial charge in [-0.25, -0.2) is 4.79 Å². The Morgan fingerprint density at radius 3 is 2.50 bits per heavy atom. The quantitative estimate of drug-likeness (QED) is 0.816. The van der Waals surface area contributed by atoms with E-state index in [1.54, 1.807) is 43.2 Å². The van der Waals surface area contributed by atoms with Gasteiger partial charge in [-0.15, -0.1) is 0 Å². The highest BCUT2D eigenvalue weighted by molar-refractivity contribution is 5.93. The number of aromatic nitrogens is 1. The number of amides is 3. The molecule has 0 aliphatic carbocycles. The van der Waals surface area contributed by atoms with Gasteiger partial charge >= 0.3 is 6.03 Å². The zero-order chi connectivity index (χ0) is 20.1. The van der Waals surface area contributed by atoms with Gasteiger partial charge in [-0.1, -0.05) is 5.16 Å². The summed E-state index contributed by atoms with van der Waals surface area (Å²) in [4.78, 5) is 26.6. The van der Waals surface area contributed by atoms with Crippen LogP contribution in [0.15, 0.2) is 28.8 Å². The molecule has 0 bridgehead atoms. The minimum Gasteiger partial charge on any atom is -0.497 e. The van der Waals surface area contributed by atoms with Crippen LogP contribution in [0.25, 0.3) is 0 Å². The number of ether oxygens (including phenoxy) is 2. The van der Waals surface area contributed by atoms with E-state index in [1.807, 2.05) is 0 Å². The van der Waals surface area contributed by atoms with Crippen molar-refractivity contribution in [2.24, 2.45) is 5.92 Å². The van der Waals surface area contributed by atoms with Crippen LogP contribution in [-0.4, -0.2) is 49.3 Å². The van der Waals surface area contributed by atoms with Crippen LogP contribution in [0.1, 0.15) is 18.6 Å². The van der Waals surface area contributed by atoms with Crippen molar-refractivity contribution in [2.45, 2.75) is 19.8 Å². The summed E-state index contributed by atoms with van der Waals surface area (Å²) in [7, 11) is 3.10. The van der Waals surface area contributed by atoms with E-state index in [9.17, 15) is 9.59 Å². The highest BCUT2D eigenvalue weighted by Crippen LogP contribution is 2.29. The number of nitrogens with zero attached hydrogens (tertiary/aromatic N) is 2. The minimum atomic E-state index is -0.227. The van der Waals surface area contributed by atoms with Crippen LogP contribution >= 0.6 is 0 Å². The molecule has 1 fully saturated rings. The second-order valence-electron chi connectivity index (χ2n) is 6.57. The third kappa shape index (κ3) is 4.54. The SMILES string of the molecule is COc1ccc(NC(=O)N2CCC(C(=O)Nc3cc(C)on3)CC2)c(OC)c1. The summed E-state index contributed by atoms with van der Waals surface area (Å²) >= 11 is 0. The molecule has 1 saturated heterocycles. The third-order valence-electron chi connectivity index (χ3n) is 4.68. The van der Waals surface area contributed by atoms with Crippen molar-refractivity contribution in [1.29, 1.82) is 0 Å². The summed E-state index contributed by atoms with van der Waals surface area (Å²) in [5.41, 5.74) is 0.564. The number of carbonyl (C=O) groups excluding carboxylic acids is 2. The van der Waals surface area contributed by atoms with E-state index in [1.165, 1.54) is 7.11 Å². The second-order valence-corrected chi connectivity index (χ2v) is 6.57. The van der Waals surface area contributed by atoms with Gasteiger partial charge in [-0.3, -0.25) is 4.79 Å². The van der Waals surface area contributed by atoms with E-state index in [0.29, 0.717) is 54.7 Å². The van der Waals surface area contributed by atoms with Crippen LogP contribution < -0.4 is 20.1 Å². The van der Waals surface area contributed by atoms with Crippen molar-refractivity contribution in [3.8, 4) is 11.5 Å². The van der Waals surface area contributed by atoms with Crippen molar-refractivity contribution in [3.63, 3.8) is 0 Å². The molecular weight excluding hydrogens is 364 g/mol. The number of hydrogen-bond acceptors (Lipinski definition) is 6. The number of urea groups is 1. The van der Waals surface area contributed by atoms with Gasteiger partial charge in [0.05, 0.1) is 19.9 Å². The molecule has 0 atom stereocenters. The lowest BCUT2D eigenvalue weighted by atomic mass is 9.96. The Labute approximate surface area is 163 Å². The number of rotatable bonds is 5. The summed E-state index contributed by atoms with van der Waals surface area (Å²) in [5, 5.41) is 9.37. The minimum absolute atomic E-state index is 0.106. The molecule has 0 spiro atoms. The Kier molecular flexibility index (Phi) is 6.03. The Balaban J connectivity index is 1.53. The van der Waals surface area contributed by atoms with Gasteiger partial charge in [0, 0.05) is 31.1 Å². The van der Waals surface area contributed by atoms with Gasteiger partial charge in [0.2, 0.25) is 5.91 Å². The lowest BCUT2D eigenvalue weighted by Gasteiger charge is -2.31. The van der Waals surface area contributed by atoms with Gasteiger partial charge in [-0.05, 0) is 31.9 Å². The monoisotopic (exact) mass is 388 g/mol. The predicted molar refractivity (Wildman–Crippen MR) is 103 cm³/mol. The highest BCUT2D eigenvalue weighted by Gasteiger charge is 2.28. The molecule has 28 heavy (non-hydrogen) atoms. The molecule has 2 heterocycles. The van der Waals surface area contributed by atoms with E-state index in [2.05, 4.69) is 15.8 Å². The molecule has 2 aromatic rings. The van der Waals surface area contributed by atoms with Gasteiger partial charge in [0.15, 0.2) is 5.82 Å². The number of carbonyl (C=O) groups is 2. The summed E-state index contributed by atoms with van der Waals surface area (Å²) in [6.45, 7) is 2.73. The van der Waals surface area contributed by atoms with Crippen LogP contribution in [0, 0.1) is 12.8 Å². The Bertz CT molecular complexity index is 843. The molecular formula is C19H24N4O5. The Morgan fingerprint density at radius 1 is 1.14 bits per heavy atom. The normalized spacial score (nSPS) is 14.5. The number of piperidine rings is 1. The first-order valence-electron chi connectivity index (χ1n) is 9.02. The lowest BCUT2D eigenvalue weighted by molar-refractivity contribution is -0.121. The summed E-state index contributed by atoms with van der Waals surface area (Å²) in [6.07, 6.45) is 1.16. The first kappa shape index (κ1) is 19.5. The van der Waals surface area contributed by atoms with E-state index in [4.69, 9.17) is 14.0 Å². The van der Waals surface area contributed by atoms with Crippen LogP contribution in [0.2, 0.25) is 0 Å². The fraction of sp³-hybridized carbons (Fsp3) is 0.421. The van der Waals surface area contributed by atoms with E-state index < -0.39 is 0 Å². The maximum atomic E-state index is 12.6. The van der Waals surface area contributed by atoms with Crippen molar-refractivity contribution in [2.75, 3.05) is 37.9 Å². The van der Waals surface area contributed by atoms with E-state index >= 15 is 0 Å². The zero-order valence-corrected chi connectivity index (χ0v) is 16.2. The van der Waals surface area contributed by atoms with Gasteiger partial charge in [0.1, 0.15) is 17.3 Å². The Hall–Kier alpha value is -3.23. The number of aryl methyl sites for hydroxylation is 1. The second kappa shape index (κ2) is 8.64. The van der Waals surface area contributed by atoms with E-state index in [0.717, 1.165) is 0 Å². The number of benzene rings is 1. The van der Waals surface area contributed by atoms with Crippen molar-refractivity contribution in [3.05, 3.63) is 30.0 Å². The summed E-state index contributed by atoms with van der Waals surface area (Å²) in [6, 6.07) is 6.63. The summed E-state index contributed by atoms with van der Waals surface area (Å²) in [5.74, 6) is 1.93. The molecule has 2 N–H and O–H groups in total. The first-order chi connectivity index (χ1) is 13.5. The molecule has 3 amide bonds. The fourth-order valence-electron chi connectivity index (χ4n) is 3.09. The van der Waals surface area contributed by atoms with Crippen molar-refractivity contribution in [1.82, 2.24) is 10.1 Å². The number of methoxy groups -OCH3 is 2. The molecule has 0 unspecified atom stereocenters. The maximum Gasteiger partial charge on any atom is 0.321 e. The smallest absolute Gasteiger partial charge is 0.321 e. The predicted octanol–water partition coefficient (Wildman–Crippen LogP) is 2.88. The van der Waals surface area contributed by atoms with Crippen LogP contribution in [-0.2, 0) is 4.79 Å². The Morgan fingerprint density at radius 2 is 1.89 bits per heavy atom. The van der Waals surface area contributed by atoms with Gasteiger partial charge in [0.25, 0.3) is 0 Å². The average Bonchev–Trinajstić information content (AvgIpc) is 3.12.